The number of carbonyl (C=O) groups is 1. The maximum Gasteiger partial charge on any atom is 0.217 e. The molecule has 2 N–H and O–H groups in total. The van der Waals surface area contributed by atoms with Gasteiger partial charge in [-0.2, -0.15) is 8.73 Å². The number of rotatable bonds is 4. The van der Waals surface area contributed by atoms with Crippen molar-refractivity contribution in [2.45, 2.75) is 83.1 Å². The topological polar surface area (TPSA) is 141 Å². The van der Waals surface area contributed by atoms with E-state index in [4.69, 9.17) is 41.2 Å². The Kier molecular flexibility index (Phi) is 17.0. The molecule has 2 aliphatic rings. The lowest BCUT2D eigenvalue weighted by Crippen LogP contribution is -2.20. The zero-order valence-corrected chi connectivity index (χ0v) is 35.5. The van der Waals surface area contributed by atoms with Gasteiger partial charge in [0, 0.05) is 40.1 Å². The number of ketones is 1. The summed E-state index contributed by atoms with van der Waals surface area (Å²) in [6.07, 6.45) is 14.8. The zero-order valence-electron chi connectivity index (χ0n) is 29.1. The molecule has 2 saturated heterocycles. The van der Waals surface area contributed by atoms with Crippen molar-refractivity contribution in [1.29, 1.82) is 0 Å². The van der Waals surface area contributed by atoms with Crippen LogP contribution in [0.1, 0.15) is 94.5 Å². The molecule has 0 amide bonds. The number of nitrogens with zero attached hydrogens (tertiary/aromatic N) is 5. The fourth-order valence-electron chi connectivity index (χ4n) is 4.87. The van der Waals surface area contributed by atoms with Crippen LogP contribution in [0.4, 0.5) is 5.13 Å². The molecule has 0 radical (unpaired) electrons. The van der Waals surface area contributed by atoms with Crippen molar-refractivity contribution in [1.82, 2.24) is 15.0 Å². The van der Waals surface area contributed by atoms with Crippen LogP contribution in [0.5, 0.6) is 0 Å². The Morgan fingerprint density at radius 1 is 0.960 bits per heavy atom. The van der Waals surface area contributed by atoms with E-state index in [1.807, 2.05) is 38.3 Å². The summed E-state index contributed by atoms with van der Waals surface area (Å²) < 4.78 is 34.5. The summed E-state index contributed by atoms with van der Waals surface area (Å²) in [5.41, 5.74) is 8.00. The number of pyridine rings is 2. The third-order valence-corrected chi connectivity index (χ3v) is 15.2. The lowest BCUT2D eigenvalue weighted by atomic mass is 9.92. The minimum Gasteiger partial charge on any atom is -0.374 e. The van der Waals surface area contributed by atoms with Crippen LogP contribution in [-0.2, 0) is 29.7 Å². The van der Waals surface area contributed by atoms with Gasteiger partial charge in [-0.25, -0.2) is 23.4 Å². The number of thiazole rings is 1. The maximum atomic E-state index is 13.4. The number of terminal acetylenes is 1. The van der Waals surface area contributed by atoms with Crippen LogP contribution < -0.4 is 5.73 Å². The molecule has 5 heterocycles. The van der Waals surface area contributed by atoms with E-state index >= 15 is 0 Å². The van der Waals surface area contributed by atoms with Gasteiger partial charge in [-0.3, -0.25) is 4.79 Å². The molecule has 2 aliphatic heterocycles. The van der Waals surface area contributed by atoms with Gasteiger partial charge < -0.3 is 5.73 Å². The molecule has 16 heteroatoms. The van der Waals surface area contributed by atoms with Gasteiger partial charge in [-0.05, 0) is 61.2 Å². The van der Waals surface area contributed by atoms with E-state index in [0.717, 1.165) is 42.5 Å². The molecule has 0 aromatic carbocycles. The van der Waals surface area contributed by atoms with Crippen LogP contribution in [0.2, 0.25) is 10.3 Å². The van der Waals surface area contributed by atoms with Crippen LogP contribution in [0.3, 0.4) is 0 Å². The quantitative estimate of drug-likeness (QED) is 0.118. The van der Waals surface area contributed by atoms with Crippen molar-refractivity contribution in [2.75, 3.05) is 16.8 Å². The SMILES string of the molecule is C#C.CC(C)(C)C(=O)CBr.CC(C)(C)c1csc(N=S2(=O)CCCC2c2ccc(Cl)nc2)n1.NC(=S)N=S1(=O)CCCC1c1ccc(Cl)nc1. The Morgan fingerprint density at radius 3 is 1.80 bits per heavy atom. The van der Waals surface area contributed by atoms with Crippen molar-refractivity contribution in [3.05, 3.63) is 69.2 Å². The molecule has 0 spiro atoms. The molecule has 9 nitrogen and oxygen atoms in total. The average Bonchev–Trinajstić information content (AvgIpc) is 3.77. The first-order chi connectivity index (χ1) is 23.3. The third-order valence-electron chi connectivity index (χ3n) is 7.63. The first-order valence-corrected chi connectivity index (χ1v) is 22.3. The molecule has 4 atom stereocenters. The zero-order chi connectivity index (χ0) is 37.9. The number of alkyl halides is 1. The van der Waals surface area contributed by atoms with Crippen LogP contribution >= 0.6 is 62.7 Å². The van der Waals surface area contributed by atoms with Crippen LogP contribution in [0.15, 0.2) is 50.8 Å². The lowest BCUT2D eigenvalue weighted by Gasteiger charge is -2.14. The minimum atomic E-state index is -2.38. The third kappa shape index (κ3) is 12.9. The summed E-state index contributed by atoms with van der Waals surface area (Å²) in [5.74, 6) is 1.40. The molecule has 0 bridgehead atoms. The van der Waals surface area contributed by atoms with Crippen molar-refractivity contribution in [3.8, 4) is 12.8 Å². The molecular weight excluding hydrogens is 819 g/mol. The van der Waals surface area contributed by atoms with Crippen molar-refractivity contribution in [3.63, 3.8) is 0 Å². The summed E-state index contributed by atoms with van der Waals surface area (Å²) in [5, 5.41) is 3.70. The number of carbonyl (C=O) groups excluding carboxylic acids is 1. The molecular formula is C34H45BrCl2N6O3S4. The fraction of sp³-hybridized carbons (Fsp3) is 0.500. The number of thiocarbonyl (C=S) groups is 1. The standard InChI is InChI=1S/C16H20ClN3OS2.C10H12ClN3OS2.C6H11BrO.C2H2/c1-16(2,3)13-10-22-15(19-13)20-23(21)8-4-5-12(23)11-6-7-14(17)18-9-11;11-9-4-3-7(6-13-9)8-2-1-5-17(8,15)14-10(12)16;1-6(2,3)5(8)4-7;1-2/h6-7,9-10,12H,4-5,8H2,1-3H3;3-4,6,8H,1-2,5H2,(H2,12,16);4H2,1-3H3;1-2H. The summed E-state index contributed by atoms with van der Waals surface area (Å²) >= 11 is 20.9. The highest BCUT2D eigenvalue weighted by atomic mass is 79.9. The number of hydrogen-bond donors (Lipinski definition) is 1. The molecule has 274 valence electrons. The van der Waals surface area contributed by atoms with E-state index in [9.17, 15) is 13.2 Å². The first-order valence-electron chi connectivity index (χ1n) is 15.7. The van der Waals surface area contributed by atoms with Gasteiger partial charge in [0.25, 0.3) is 0 Å². The Bertz CT molecular complexity index is 1870. The second-order valence-corrected chi connectivity index (χ2v) is 21.1. The van der Waals surface area contributed by atoms with Gasteiger partial charge in [-0.1, -0.05) is 92.8 Å². The number of hydrogen-bond acceptors (Lipinski definition) is 9. The molecule has 3 aromatic rings. The van der Waals surface area contributed by atoms with Gasteiger partial charge >= 0.3 is 0 Å². The van der Waals surface area contributed by atoms with Crippen molar-refractivity contribution < 1.29 is 13.2 Å². The highest BCUT2D eigenvalue weighted by Gasteiger charge is 2.33. The van der Waals surface area contributed by atoms with E-state index < -0.39 is 19.5 Å². The van der Waals surface area contributed by atoms with Gasteiger partial charge in [0.2, 0.25) is 5.13 Å². The lowest BCUT2D eigenvalue weighted by molar-refractivity contribution is -0.123. The molecule has 50 heavy (non-hydrogen) atoms. The minimum absolute atomic E-state index is 0.0230. The van der Waals surface area contributed by atoms with E-state index in [1.165, 1.54) is 11.3 Å². The van der Waals surface area contributed by atoms with Crippen molar-refractivity contribution in [2.24, 2.45) is 19.9 Å². The highest BCUT2D eigenvalue weighted by molar-refractivity contribution is 9.09. The number of nitrogens with two attached hydrogens (primary N) is 1. The van der Waals surface area contributed by atoms with Crippen LogP contribution in [0, 0.1) is 18.3 Å². The van der Waals surface area contributed by atoms with E-state index in [2.05, 4.69) is 73.2 Å². The van der Waals surface area contributed by atoms with Crippen LogP contribution in [0.25, 0.3) is 0 Å². The van der Waals surface area contributed by atoms with E-state index in [0.29, 0.717) is 32.3 Å². The number of aromatic nitrogens is 3. The average molecular weight is 865 g/mol. The largest absolute Gasteiger partial charge is 0.374 e. The Hall–Kier alpha value is -1.99. The number of halogens is 3. The van der Waals surface area contributed by atoms with Gasteiger partial charge in [0.1, 0.15) is 16.1 Å². The summed E-state index contributed by atoms with van der Waals surface area (Å²) in [6, 6.07) is 7.18. The fourth-order valence-corrected chi connectivity index (χ4v) is 12.6. The molecule has 5 rings (SSSR count). The predicted octanol–water partition coefficient (Wildman–Crippen LogP) is 9.65. The van der Waals surface area contributed by atoms with Crippen LogP contribution in [-0.4, -0.2) is 51.1 Å². The number of Topliss-reactive ketones (excluding diaryl/α,β-unsaturated/α-hetero) is 1. The Morgan fingerprint density at radius 2 is 1.44 bits per heavy atom. The Balaban J connectivity index is 0.000000282. The first kappa shape index (κ1) is 44.2. The second kappa shape index (κ2) is 19.2. The van der Waals surface area contributed by atoms with E-state index in [1.54, 1.807) is 24.5 Å². The molecule has 0 saturated carbocycles. The molecule has 0 aliphatic carbocycles. The molecule has 3 aromatic heterocycles. The Labute approximate surface area is 325 Å². The van der Waals surface area contributed by atoms with Crippen molar-refractivity contribution >= 4 is 98.2 Å². The second-order valence-electron chi connectivity index (χ2n) is 13.5. The van der Waals surface area contributed by atoms with Gasteiger partial charge in [0.05, 0.1) is 41.0 Å². The summed E-state index contributed by atoms with van der Waals surface area (Å²) in [6.45, 7) is 12.1. The summed E-state index contributed by atoms with van der Waals surface area (Å²) in [4.78, 5) is 23.5. The smallest absolute Gasteiger partial charge is 0.217 e. The molecule has 2 fully saturated rings. The predicted molar refractivity (Wildman–Crippen MR) is 219 cm³/mol. The van der Waals surface area contributed by atoms with E-state index in [-0.39, 0.29) is 32.2 Å². The molecule has 4 unspecified atom stereocenters. The monoisotopic (exact) mass is 862 g/mol. The van der Waals surface area contributed by atoms with Gasteiger partial charge in [-0.15, -0.1) is 24.2 Å². The normalized spacial score (nSPS) is 22.8. The maximum absolute atomic E-state index is 13.4. The highest BCUT2D eigenvalue weighted by Crippen LogP contribution is 2.39. The summed E-state index contributed by atoms with van der Waals surface area (Å²) in [7, 11) is -4.74. The van der Waals surface area contributed by atoms with Gasteiger partial charge in [0.15, 0.2) is 5.11 Å².